The number of carboxylic acids is 1. The first kappa shape index (κ1) is 14.5. The van der Waals surface area contributed by atoms with E-state index in [1.165, 1.54) is 20.1 Å². The predicted molar refractivity (Wildman–Crippen MR) is 70.1 cm³/mol. The Balaban J connectivity index is 2.87. The molecule has 0 aromatic heterocycles. The maximum Gasteiger partial charge on any atom is 0.328 e. The Kier molecular flexibility index (Phi) is 5.35. The van der Waals surface area contributed by atoms with Crippen LogP contribution in [0.3, 0.4) is 0 Å². The van der Waals surface area contributed by atoms with Gasteiger partial charge in [0.25, 0.3) is 0 Å². The van der Waals surface area contributed by atoms with Gasteiger partial charge in [0.05, 0.1) is 7.11 Å². The average Bonchev–Trinajstić information content (AvgIpc) is 2.35. The highest BCUT2D eigenvalue weighted by Crippen LogP contribution is 2.28. The Morgan fingerprint density at radius 3 is 2.53 bits per heavy atom. The van der Waals surface area contributed by atoms with Crippen LogP contribution in [-0.4, -0.2) is 24.2 Å². The number of hydrogen-bond donors (Lipinski definition) is 1. The molecule has 0 saturated carbocycles. The van der Waals surface area contributed by atoms with Crippen LogP contribution in [-0.2, 0) is 9.59 Å². The molecule has 100 valence electrons. The monoisotopic (exact) mass is 262 g/mol. The van der Waals surface area contributed by atoms with Crippen molar-refractivity contribution < 1.29 is 24.2 Å². The lowest BCUT2D eigenvalue weighted by molar-refractivity contribution is -0.132. The van der Waals surface area contributed by atoms with Gasteiger partial charge in [0.1, 0.15) is 0 Å². The van der Waals surface area contributed by atoms with Crippen molar-refractivity contribution in [3.63, 3.8) is 0 Å². The standard InChI is InChI=1S/C14H14O5/c1-10(15)19-12-8-7-11(9-13(12)18-2)5-3-4-6-14(16)17/h3-9H,1-2H3,(H,16,17). The molecule has 0 fully saturated rings. The average molecular weight is 262 g/mol. The van der Waals surface area contributed by atoms with Gasteiger partial charge in [0.15, 0.2) is 11.5 Å². The van der Waals surface area contributed by atoms with Crippen LogP contribution < -0.4 is 9.47 Å². The molecule has 0 amide bonds. The van der Waals surface area contributed by atoms with Gasteiger partial charge in [-0.15, -0.1) is 0 Å². The van der Waals surface area contributed by atoms with Crippen LogP contribution in [0.25, 0.3) is 6.08 Å². The first-order valence-electron chi connectivity index (χ1n) is 5.47. The van der Waals surface area contributed by atoms with Crippen LogP contribution in [0.5, 0.6) is 11.5 Å². The number of benzene rings is 1. The summed E-state index contributed by atoms with van der Waals surface area (Å²) in [7, 11) is 1.47. The number of methoxy groups -OCH3 is 1. The van der Waals surface area contributed by atoms with Crippen molar-refractivity contribution in [1.82, 2.24) is 0 Å². The largest absolute Gasteiger partial charge is 0.493 e. The van der Waals surface area contributed by atoms with E-state index in [4.69, 9.17) is 14.6 Å². The van der Waals surface area contributed by atoms with Crippen LogP contribution in [0.15, 0.2) is 36.4 Å². The fraction of sp³-hybridized carbons (Fsp3) is 0.143. The maximum atomic E-state index is 10.9. The Morgan fingerprint density at radius 1 is 1.21 bits per heavy atom. The molecule has 1 rings (SSSR count). The first-order chi connectivity index (χ1) is 9.02. The Labute approximate surface area is 110 Å². The molecule has 0 radical (unpaired) electrons. The van der Waals surface area contributed by atoms with Gasteiger partial charge >= 0.3 is 11.9 Å². The zero-order chi connectivity index (χ0) is 14.3. The molecule has 0 aliphatic carbocycles. The second kappa shape index (κ2) is 7.00. The van der Waals surface area contributed by atoms with E-state index in [2.05, 4.69) is 0 Å². The third kappa shape index (κ3) is 5.08. The number of rotatable bonds is 5. The molecule has 1 aromatic carbocycles. The van der Waals surface area contributed by atoms with Crippen molar-refractivity contribution in [3.8, 4) is 11.5 Å². The van der Waals surface area contributed by atoms with Gasteiger partial charge in [-0.05, 0) is 17.7 Å². The summed E-state index contributed by atoms with van der Waals surface area (Å²) >= 11 is 0. The van der Waals surface area contributed by atoms with Gasteiger partial charge in [-0.2, -0.15) is 0 Å². The van der Waals surface area contributed by atoms with Crippen molar-refractivity contribution in [2.24, 2.45) is 0 Å². The van der Waals surface area contributed by atoms with Crippen molar-refractivity contribution in [1.29, 1.82) is 0 Å². The molecule has 0 aliphatic heterocycles. The SMILES string of the molecule is COc1cc(C=CC=CC(=O)O)ccc1OC(C)=O. The molecule has 0 bridgehead atoms. The molecule has 0 heterocycles. The fourth-order valence-corrected chi connectivity index (χ4v) is 1.33. The summed E-state index contributed by atoms with van der Waals surface area (Å²) < 4.78 is 10.1. The molecule has 1 N–H and O–H groups in total. The second-order valence-corrected chi connectivity index (χ2v) is 3.56. The summed E-state index contributed by atoms with van der Waals surface area (Å²) in [5.41, 5.74) is 0.794. The van der Waals surface area contributed by atoms with E-state index >= 15 is 0 Å². The highest BCUT2D eigenvalue weighted by molar-refractivity contribution is 5.80. The van der Waals surface area contributed by atoms with E-state index in [0.717, 1.165) is 11.6 Å². The van der Waals surface area contributed by atoms with Crippen molar-refractivity contribution >= 4 is 18.0 Å². The summed E-state index contributed by atoms with van der Waals surface area (Å²) in [5, 5.41) is 8.42. The van der Waals surface area contributed by atoms with Crippen LogP contribution in [0.1, 0.15) is 12.5 Å². The predicted octanol–water partition coefficient (Wildman–Crippen LogP) is 2.27. The van der Waals surface area contributed by atoms with E-state index in [0.29, 0.717) is 11.5 Å². The fourth-order valence-electron chi connectivity index (χ4n) is 1.33. The first-order valence-corrected chi connectivity index (χ1v) is 5.47. The van der Waals surface area contributed by atoms with Crippen molar-refractivity contribution in [3.05, 3.63) is 42.0 Å². The second-order valence-electron chi connectivity index (χ2n) is 3.56. The summed E-state index contributed by atoms with van der Waals surface area (Å²) in [5.74, 6) is -0.661. The minimum atomic E-state index is -1.01. The number of aliphatic carboxylic acids is 1. The molecule has 1 aromatic rings. The zero-order valence-corrected chi connectivity index (χ0v) is 10.6. The summed E-state index contributed by atoms with van der Waals surface area (Å²) in [4.78, 5) is 21.2. The highest BCUT2D eigenvalue weighted by Gasteiger charge is 2.06. The van der Waals surface area contributed by atoms with E-state index in [-0.39, 0.29) is 0 Å². The van der Waals surface area contributed by atoms with E-state index < -0.39 is 11.9 Å². The van der Waals surface area contributed by atoms with Crippen molar-refractivity contribution in [2.45, 2.75) is 6.92 Å². The van der Waals surface area contributed by atoms with Crippen LogP contribution in [0.2, 0.25) is 0 Å². The zero-order valence-electron chi connectivity index (χ0n) is 10.6. The van der Waals surface area contributed by atoms with Crippen LogP contribution in [0, 0.1) is 0 Å². The minimum absolute atomic E-state index is 0.341. The number of hydrogen-bond acceptors (Lipinski definition) is 4. The molecule has 0 saturated heterocycles. The molecule has 0 aliphatic rings. The minimum Gasteiger partial charge on any atom is -0.493 e. The third-order valence-electron chi connectivity index (χ3n) is 2.08. The molecule has 5 nitrogen and oxygen atoms in total. The van der Waals surface area contributed by atoms with Gasteiger partial charge in [-0.1, -0.05) is 24.3 Å². The lowest BCUT2D eigenvalue weighted by atomic mass is 10.2. The third-order valence-corrected chi connectivity index (χ3v) is 2.08. The summed E-state index contributed by atoms with van der Waals surface area (Å²) in [6.07, 6.45) is 5.74. The molecule has 0 atom stereocenters. The molecule has 19 heavy (non-hydrogen) atoms. The lowest BCUT2D eigenvalue weighted by Gasteiger charge is -2.08. The molecular weight excluding hydrogens is 248 g/mol. The van der Waals surface area contributed by atoms with Gasteiger partial charge < -0.3 is 14.6 Å². The maximum absolute atomic E-state index is 10.9. The Bertz CT molecular complexity index is 529. The van der Waals surface area contributed by atoms with Crippen LogP contribution >= 0.6 is 0 Å². The van der Waals surface area contributed by atoms with E-state index in [1.54, 1.807) is 30.4 Å². The molecule has 5 heteroatoms. The van der Waals surface area contributed by atoms with E-state index in [9.17, 15) is 9.59 Å². The highest BCUT2D eigenvalue weighted by atomic mass is 16.6. The van der Waals surface area contributed by atoms with Gasteiger partial charge in [-0.3, -0.25) is 4.79 Å². The Hall–Kier alpha value is -2.56. The van der Waals surface area contributed by atoms with Gasteiger partial charge in [0, 0.05) is 13.0 Å². The number of carbonyl (C=O) groups excluding carboxylic acids is 1. The number of esters is 1. The smallest absolute Gasteiger partial charge is 0.328 e. The molecule has 0 unspecified atom stereocenters. The number of carboxylic acid groups (broad SMARTS) is 1. The van der Waals surface area contributed by atoms with Gasteiger partial charge in [-0.25, -0.2) is 4.79 Å². The van der Waals surface area contributed by atoms with Crippen LogP contribution in [0.4, 0.5) is 0 Å². The van der Waals surface area contributed by atoms with E-state index in [1.807, 2.05) is 0 Å². The quantitative estimate of drug-likeness (QED) is 0.381. The summed E-state index contributed by atoms with van der Waals surface area (Å²) in [6.45, 7) is 1.31. The normalized spacial score (nSPS) is 10.8. The van der Waals surface area contributed by atoms with Crippen molar-refractivity contribution in [2.75, 3.05) is 7.11 Å². The summed E-state index contributed by atoms with van der Waals surface area (Å²) in [6, 6.07) is 5.02. The number of ether oxygens (including phenoxy) is 2. The Morgan fingerprint density at radius 2 is 1.95 bits per heavy atom. The number of allylic oxidation sites excluding steroid dienone is 2. The molecular formula is C14H14O5. The molecule has 0 spiro atoms. The number of carbonyl (C=O) groups is 2. The van der Waals surface area contributed by atoms with Gasteiger partial charge in [0.2, 0.25) is 0 Å². The topological polar surface area (TPSA) is 72.8 Å². The lowest BCUT2D eigenvalue weighted by Crippen LogP contribution is -2.02.